The van der Waals surface area contributed by atoms with Gasteiger partial charge in [-0.15, -0.1) is 17.5 Å². The summed E-state index contributed by atoms with van der Waals surface area (Å²) >= 11 is 5.89. The van der Waals surface area contributed by atoms with Crippen molar-refractivity contribution in [1.29, 1.82) is 0 Å². The molecule has 0 fully saturated rings. The molecule has 2 aromatic rings. The van der Waals surface area contributed by atoms with Crippen LogP contribution >= 0.6 is 24.0 Å². The Morgan fingerprint density at radius 2 is 1.93 bits per heavy atom. The fourth-order valence-corrected chi connectivity index (χ4v) is 3.18. The van der Waals surface area contributed by atoms with Crippen LogP contribution in [0.3, 0.4) is 0 Å². The van der Waals surface area contributed by atoms with E-state index in [0.29, 0.717) is 43.0 Å². The van der Waals surface area contributed by atoms with Crippen molar-refractivity contribution in [1.82, 2.24) is 25.5 Å². The number of tetrazole rings is 1. The Morgan fingerprint density at radius 3 is 2.53 bits per heavy atom. The number of carbonyl (C=O) groups is 1. The van der Waals surface area contributed by atoms with Crippen molar-refractivity contribution in [3.8, 4) is 0 Å². The molecule has 9 nitrogen and oxygen atoms in total. The number of carbonyl (C=O) groups excluding carboxylic acids is 1. The molecule has 0 saturated heterocycles. The van der Waals surface area contributed by atoms with Gasteiger partial charge in [-0.05, 0) is 46.8 Å². The average molecular weight is 459 g/mol. The van der Waals surface area contributed by atoms with Gasteiger partial charge in [-0.1, -0.05) is 50.4 Å². The molecule has 0 bridgehead atoms. The largest absolute Gasteiger partial charge is 0.451 e. The van der Waals surface area contributed by atoms with Crippen molar-refractivity contribution in [3.63, 3.8) is 0 Å². The van der Waals surface area contributed by atoms with E-state index >= 15 is 0 Å². The van der Waals surface area contributed by atoms with Crippen LogP contribution in [0.1, 0.15) is 56.6 Å². The van der Waals surface area contributed by atoms with Gasteiger partial charge in [-0.3, -0.25) is 4.79 Å². The highest BCUT2D eigenvalue weighted by Gasteiger charge is 2.29. The van der Waals surface area contributed by atoms with Crippen LogP contribution in [0.25, 0.3) is 0 Å². The van der Waals surface area contributed by atoms with E-state index in [2.05, 4.69) is 20.8 Å². The summed E-state index contributed by atoms with van der Waals surface area (Å²) < 4.78 is 1.49. The number of benzene rings is 1. The monoisotopic (exact) mass is 458 g/mol. The summed E-state index contributed by atoms with van der Waals surface area (Å²) in [7, 11) is -1.31. The van der Waals surface area contributed by atoms with Crippen molar-refractivity contribution in [2.45, 2.75) is 58.1 Å². The summed E-state index contributed by atoms with van der Waals surface area (Å²) in [5.74, 6) is 0.188. The van der Waals surface area contributed by atoms with E-state index in [-0.39, 0.29) is 24.2 Å². The van der Waals surface area contributed by atoms with Gasteiger partial charge in [0, 0.05) is 11.6 Å². The molecule has 0 radical (unpaired) electrons. The van der Waals surface area contributed by atoms with Crippen LogP contribution in [0.5, 0.6) is 0 Å². The molecule has 0 aliphatic heterocycles. The van der Waals surface area contributed by atoms with Gasteiger partial charge < -0.3 is 21.1 Å². The normalized spacial score (nSPS) is 12.9. The maximum Gasteiger partial charge on any atom is 0.451 e. The Kier molecular flexibility index (Phi) is 11.3. The van der Waals surface area contributed by atoms with Crippen LogP contribution in [-0.2, 0) is 11.3 Å². The zero-order valence-corrected chi connectivity index (χ0v) is 18.7. The molecule has 2 atom stereocenters. The fraction of sp³-hybridized carbons (Fsp3) is 0.556. The first-order valence-electron chi connectivity index (χ1n) is 9.71. The quantitative estimate of drug-likeness (QED) is 0.297. The first-order chi connectivity index (χ1) is 13.8. The van der Waals surface area contributed by atoms with Gasteiger partial charge in [-0.2, -0.15) is 0 Å². The molecule has 1 aromatic carbocycles. The molecule has 2 unspecified atom stereocenters. The van der Waals surface area contributed by atoms with Gasteiger partial charge in [-0.25, -0.2) is 4.68 Å². The second-order valence-corrected chi connectivity index (χ2v) is 7.82. The third kappa shape index (κ3) is 7.84. The number of nitrogens with one attached hydrogen (secondary N) is 1. The van der Waals surface area contributed by atoms with E-state index in [1.54, 1.807) is 12.1 Å². The molecule has 1 aromatic heterocycles. The molecule has 1 amide bonds. The van der Waals surface area contributed by atoms with Crippen molar-refractivity contribution in [2.24, 2.45) is 11.7 Å². The summed E-state index contributed by atoms with van der Waals surface area (Å²) in [5, 5.41) is 33.2. The number of aromatic nitrogens is 4. The number of halogens is 2. The number of nitrogens with zero attached hydrogens (tertiary/aromatic N) is 4. The topological polar surface area (TPSA) is 139 Å². The molecular weight excluding hydrogens is 430 g/mol. The third-order valence-electron chi connectivity index (χ3n) is 4.62. The fourth-order valence-electron chi connectivity index (χ4n) is 3.06. The van der Waals surface area contributed by atoms with E-state index < -0.39 is 19.2 Å². The summed E-state index contributed by atoms with van der Waals surface area (Å²) in [6.07, 6.45) is 2.19. The van der Waals surface area contributed by atoms with Gasteiger partial charge in [0.05, 0.1) is 6.04 Å². The Hall–Kier alpha value is -1.72. The summed E-state index contributed by atoms with van der Waals surface area (Å²) in [4.78, 5) is 12.9. The molecule has 0 aliphatic rings. The molecule has 1 heterocycles. The lowest BCUT2D eigenvalue weighted by molar-refractivity contribution is -0.126. The maximum absolute atomic E-state index is 12.9. The SMILES string of the molecule is CC(C)C(C(=O)NCc1ccc(Cl)cc1)n1nnnc1C(N)CCCCB(O)O.Cl. The first-order valence-corrected chi connectivity index (χ1v) is 10.1. The molecule has 0 spiro atoms. The first kappa shape index (κ1) is 26.3. The van der Waals surface area contributed by atoms with Crippen LogP contribution in [0.2, 0.25) is 11.3 Å². The Bertz CT molecular complexity index is 776. The minimum Gasteiger partial charge on any atom is -0.427 e. The zero-order valence-electron chi connectivity index (χ0n) is 17.1. The van der Waals surface area contributed by atoms with E-state index in [1.165, 1.54) is 4.68 Å². The Balaban J connectivity index is 0.00000450. The lowest BCUT2D eigenvalue weighted by Gasteiger charge is -2.23. The molecular formula is C18H29BCl2N6O3. The van der Waals surface area contributed by atoms with Crippen LogP contribution in [0.15, 0.2) is 24.3 Å². The van der Waals surface area contributed by atoms with E-state index in [9.17, 15) is 4.79 Å². The molecule has 0 aliphatic carbocycles. The Labute approximate surface area is 187 Å². The number of hydrogen-bond donors (Lipinski definition) is 4. The number of rotatable bonds is 11. The van der Waals surface area contributed by atoms with Crippen LogP contribution in [-0.4, -0.2) is 43.3 Å². The van der Waals surface area contributed by atoms with Gasteiger partial charge in [0.15, 0.2) is 5.82 Å². The van der Waals surface area contributed by atoms with Crippen molar-refractivity contribution < 1.29 is 14.8 Å². The lowest BCUT2D eigenvalue weighted by atomic mass is 9.83. The third-order valence-corrected chi connectivity index (χ3v) is 4.87. The zero-order chi connectivity index (χ0) is 21.4. The molecule has 2 rings (SSSR count). The average Bonchev–Trinajstić information content (AvgIpc) is 3.13. The van der Waals surface area contributed by atoms with E-state index in [1.807, 2.05) is 26.0 Å². The van der Waals surface area contributed by atoms with Gasteiger partial charge in [0.1, 0.15) is 6.04 Å². The molecule has 166 valence electrons. The number of nitrogens with two attached hydrogens (primary N) is 1. The molecule has 30 heavy (non-hydrogen) atoms. The van der Waals surface area contributed by atoms with Crippen molar-refractivity contribution in [2.75, 3.05) is 0 Å². The smallest absolute Gasteiger partial charge is 0.427 e. The molecule has 5 N–H and O–H groups in total. The highest BCUT2D eigenvalue weighted by Crippen LogP contribution is 2.23. The second kappa shape index (κ2) is 12.9. The molecule has 0 saturated carbocycles. The minimum absolute atomic E-state index is 0. The highest BCUT2D eigenvalue weighted by molar-refractivity contribution is 6.40. The van der Waals surface area contributed by atoms with Crippen LogP contribution < -0.4 is 11.1 Å². The van der Waals surface area contributed by atoms with Crippen LogP contribution in [0, 0.1) is 5.92 Å². The van der Waals surface area contributed by atoms with Gasteiger partial charge in [0.2, 0.25) is 5.91 Å². The Morgan fingerprint density at radius 1 is 1.27 bits per heavy atom. The highest BCUT2D eigenvalue weighted by atomic mass is 35.5. The predicted molar refractivity (Wildman–Crippen MR) is 118 cm³/mol. The predicted octanol–water partition coefficient (Wildman–Crippen LogP) is 1.90. The maximum atomic E-state index is 12.9. The number of hydrogen-bond acceptors (Lipinski definition) is 7. The van der Waals surface area contributed by atoms with Crippen LogP contribution in [0.4, 0.5) is 0 Å². The molecule has 12 heteroatoms. The van der Waals surface area contributed by atoms with Crippen molar-refractivity contribution in [3.05, 3.63) is 40.7 Å². The van der Waals surface area contributed by atoms with E-state index in [4.69, 9.17) is 27.4 Å². The summed E-state index contributed by atoms with van der Waals surface area (Å²) in [6, 6.07) is 6.21. The standard InChI is InChI=1S/C18H28BClN6O3.ClH/c1-12(2)16(18(27)22-11-13-6-8-14(20)9-7-13)26-17(23-24-25-26)15(21)5-3-4-10-19(28)29;/h6-9,12,15-16,28-29H,3-5,10-11,21H2,1-2H3,(H,22,27);1H. The summed E-state index contributed by atoms with van der Waals surface area (Å²) in [6.45, 7) is 4.21. The van der Waals surface area contributed by atoms with Gasteiger partial charge >= 0.3 is 7.12 Å². The van der Waals surface area contributed by atoms with E-state index in [0.717, 1.165) is 5.56 Å². The lowest BCUT2D eigenvalue weighted by Crippen LogP contribution is -2.37. The minimum atomic E-state index is -1.31. The van der Waals surface area contributed by atoms with Crippen molar-refractivity contribution >= 4 is 37.0 Å². The number of unbranched alkanes of at least 4 members (excludes halogenated alkanes) is 1. The summed E-state index contributed by atoms with van der Waals surface area (Å²) in [5.41, 5.74) is 7.18. The second-order valence-electron chi connectivity index (χ2n) is 7.39. The number of amides is 1. The van der Waals surface area contributed by atoms with Gasteiger partial charge in [0.25, 0.3) is 0 Å².